The first kappa shape index (κ1) is 21.8. The summed E-state index contributed by atoms with van der Waals surface area (Å²) >= 11 is 0. The summed E-state index contributed by atoms with van der Waals surface area (Å²) in [5.41, 5.74) is 1.83. The normalized spacial score (nSPS) is 13.6. The molecule has 3 rings (SSSR count). The molecule has 1 fully saturated rings. The van der Waals surface area contributed by atoms with Crippen LogP contribution in [0.3, 0.4) is 0 Å². The molecule has 0 atom stereocenters. The third-order valence-corrected chi connectivity index (χ3v) is 6.24. The van der Waals surface area contributed by atoms with Gasteiger partial charge in [-0.3, -0.25) is 9.59 Å². The monoisotopic (exact) mass is 431 g/mol. The van der Waals surface area contributed by atoms with Crippen molar-refractivity contribution in [1.29, 1.82) is 0 Å². The van der Waals surface area contributed by atoms with Crippen LogP contribution in [0.4, 0.5) is 5.69 Å². The first-order valence-corrected chi connectivity index (χ1v) is 11.1. The van der Waals surface area contributed by atoms with Gasteiger partial charge in [0, 0.05) is 29.4 Å². The van der Waals surface area contributed by atoms with Crippen molar-refractivity contribution in [1.82, 2.24) is 10.0 Å². The lowest BCUT2D eigenvalue weighted by Crippen LogP contribution is -2.26. The first-order valence-electron chi connectivity index (χ1n) is 9.65. The van der Waals surface area contributed by atoms with Gasteiger partial charge in [0.05, 0.1) is 7.11 Å². The lowest BCUT2D eigenvalue weighted by atomic mass is 10.1. The number of ether oxygens (including phenoxy) is 1. The van der Waals surface area contributed by atoms with Crippen LogP contribution in [0.25, 0.3) is 0 Å². The van der Waals surface area contributed by atoms with Crippen LogP contribution in [-0.2, 0) is 10.0 Å². The molecular formula is C21H25N3O5S. The summed E-state index contributed by atoms with van der Waals surface area (Å²) in [7, 11) is -2.43. The minimum atomic E-state index is -3.81. The van der Waals surface area contributed by atoms with Crippen molar-refractivity contribution in [3.8, 4) is 5.75 Å². The lowest BCUT2D eigenvalue weighted by Gasteiger charge is -2.13. The van der Waals surface area contributed by atoms with E-state index in [4.69, 9.17) is 4.74 Å². The van der Waals surface area contributed by atoms with Crippen molar-refractivity contribution in [3.05, 3.63) is 53.1 Å². The third-order valence-electron chi connectivity index (χ3n) is 4.70. The molecule has 9 heteroatoms. The van der Waals surface area contributed by atoms with Crippen molar-refractivity contribution >= 4 is 27.5 Å². The number of anilines is 1. The van der Waals surface area contributed by atoms with Gasteiger partial charge in [-0.1, -0.05) is 6.07 Å². The molecule has 1 aliphatic rings. The molecule has 0 unspecified atom stereocenters. The van der Waals surface area contributed by atoms with E-state index in [1.54, 1.807) is 25.1 Å². The van der Waals surface area contributed by atoms with Crippen molar-refractivity contribution in [2.45, 2.75) is 37.6 Å². The van der Waals surface area contributed by atoms with E-state index in [-0.39, 0.29) is 28.2 Å². The summed E-state index contributed by atoms with van der Waals surface area (Å²) in [4.78, 5) is 24.8. The van der Waals surface area contributed by atoms with Gasteiger partial charge in [0.1, 0.15) is 10.6 Å². The Labute approximate surface area is 176 Å². The number of sulfonamides is 1. The summed E-state index contributed by atoms with van der Waals surface area (Å²) in [5.74, 6) is -0.567. The number of hydrogen-bond donors (Lipinski definition) is 3. The van der Waals surface area contributed by atoms with E-state index in [1.807, 2.05) is 6.92 Å². The van der Waals surface area contributed by atoms with Crippen LogP contribution in [0.5, 0.6) is 5.75 Å². The van der Waals surface area contributed by atoms with Crippen LogP contribution >= 0.6 is 0 Å². The van der Waals surface area contributed by atoms with Crippen LogP contribution in [0.15, 0.2) is 41.3 Å². The van der Waals surface area contributed by atoms with Crippen molar-refractivity contribution in [2.75, 3.05) is 19.0 Å². The Morgan fingerprint density at radius 2 is 1.73 bits per heavy atom. The zero-order valence-electron chi connectivity index (χ0n) is 17.1. The fraction of sp³-hybridized carbons (Fsp3) is 0.333. The highest BCUT2D eigenvalue weighted by Gasteiger charge is 2.30. The molecular weight excluding hydrogens is 406 g/mol. The maximum absolute atomic E-state index is 12.8. The standard InChI is InChI=1S/C21H25N3O5S/c1-4-22-20(25)14-6-5-13(2)17(11-14)23-21(26)15-7-10-18(29-3)19(12-15)30(27,28)24-16-8-9-16/h5-7,10-12,16,24H,4,8-9H2,1-3H3,(H,22,25)(H,23,26). The van der Waals surface area contributed by atoms with Gasteiger partial charge >= 0.3 is 0 Å². The van der Waals surface area contributed by atoms with Crippen LogP contribution in [-0.4, -0.2) is 39.9 Å². The lowest BCUT2D eigenvalue weighted by molar-refractivity contribution is 0.0954. The minimum Gasteiger partial charge on any atom is -0.495 e. The molecule has 8 nitrogen and oxygen atoms in total. The summed E-state index contributed by atoms with van der Waals surface area (Å²) in [5, 5.41) is 5.47. The van der Waals surface area contributed by atoms with Crippen LogP contribution in [0.1, 0.15) is 46.0 Å². The smallest absolute Gasteiger partial charge is 0.255 e. The van der Waals surface area contributed by atoms with Gasteiger partial charge in [-0.05, 0) is 62.6 Å². The number of rotatable bonds is 8. The predicted molar refractivity (Wildman–Crippen MR) is 113 cm³/mol. The largest absolute Gasteiger partial charge is 0.495 e. The number of nitrogens with one attached hydrogen (secondary N) is 3. The predicted octanol–water partition coefficient (Wildman–Crippen LogP) is 2.45. The Kier molecular flexibility index (Phi) is 6.42. The number of aryl methyl sites for hydroxylation is 1. The quantitative estimate of drug-likeness (QED) is 0.594. The molecule has 1 aliphatic carbocycles. The molecule has 0 bridgehead atoms. The van der Waals surface area contributed by atoms with E-state index < -0.39 is 15.9 Å². The van der Waals surface area contributed by atoms with E-state index in [1.165, 1.54) is 25.3 Å². The van der Waals surface area contributed by atoms with E-state index in [2.05, 4.69) is 15.4 Å². The molecule has 2 aromatic carbocycles. The molecule has 0 aliphatic heterocycles. The highest BCUT2D eigenvalue weighted by Crippen LogP contribution is 2.29. The Morgan fingerprint density at radius 3 is 2.37 bits per heavy atom. The van der Waals surface area contributed by atoms with Crippen molar-refractivity contribution in [3.63, 3.8) is 0 Å². The summed E-state index contributed by atoms with van der Waals surface area (Å²) in [6.45, 7) is 4.12. The maximum Gasteiger partial charge on any atom is 0.255 e. The number of benzene rings is 2. The number of methoxy groups -OCH3 is 1. The molecule has 160 valence electrons. The topological polar surface area (TPSA) is 114 Å². The van der Waals surface area contributed by atoms with Gasteiger partial charge < -0.3 is 15.4 Å². The minimum absolute atomic E-state index is 0.0724. The molecule has 2 aromatic rings. The molecule has 0 spiro atoms. The molecule has 0 aromatic heterocycles. The average molecular weight is 432 g/mol. The van der Waals surface area contributed by atoms with Crippen LogP contribution < -0.4 is 20.1 Å². The molecule has 0 saturated heterocycles. The Balaban J connectivity index is 1.88. The van der Waals surface area contributed by atoms with Gasteiger partial charge in [0.15, 0.2) is 0 Å². The molecule has 0 radical (unpaired) electrons. The second-order valence-corrected chi connectivity index (χ2v) is 8.79. The average Bonchev–Trinajstić information content (AvgIpc) is 3.52. The van der Waals surface area contributed by atoms with Gasteiger partial charge in [0.2, 0.25) is 10.0 Å². The first-order chi connectivity index (χ1) is 14.2. The van der Waals surface area contributed by atoms with Gasteiger partial charge in [-0.2, -0.15) is 0 Å². The SMILES string of the molecule is CCNC(=O)c1ccc(C)c(NC(=O)c2ccc(OC)c(S(=O)(=O)NC3CC3)c2)c1. The zero-order valence-corrected chi connectivity index (χ0v) is 17.9. The maximum atomic E-state index is 12.8. The highest BCUT2D eigenvalue weighted by molar-refractivity contribution is 7.89. The molecule has 2 amide bonds. The van der Waals surface area contributed by atoms with E-state index in [0.29, 0.717) is 17.8 Å². The van der Waals surface area contributed by atoms with E-state index in [9.17, 15) is 18.0 Å². The molecule has 3 N–H and O–H groups in total. The summed E-state index contributed by atoms with van der Waals surface area (Å²) < 4.78 is 33.1. The van der Waals surface area contributed by atoms with Crippen molar-refractivity contribution < 1.29 is 22.7 Å². The summed E-state index contributed by atoms with van der Waals surface area (Å²) in [6, 6.07) is 9.18. The number of amides is 2. The van der Waals surface area contributed by atoms with Crippen molar-refractivity contribution in [2.24, 2.45) is 0 Å². The van der Waals surface area contributed by atoms with Gasteiger partial charge in [-0.15, -0.1) is 0 Å². The number of carbonyl (C=O) groups excluding carboxylic acids is 2. The van der Waals surface area contributed by atoms with Gasteiger partial charge in [0.25, 0.3) is 11.8 Å². The number of carbonyl (C=O) groups is 2. The Bertz CT molecular complexity index is 1080. The Hall–Kier alpha value is -2.91. The van der Waals surface area contributed by atoms with E-state index in [0.717, 1.165) is 18.4 Å². The van der Waals surface area contributed by atoms with Crippen LogP contribution in [0, 0.1) is 6.92 Å². The van der Waals surface area contributed by atoms with Gasteiger partial charge in [-0.25, -0.2) is 13.1 Å². The second kappa shape index (κ2) is 8.85. The number of hydrogen-bond acceptors (Lipinski definition) is 5. The molecule has 0 heterocycles. The highest BCUT2D eigenvalue weighted by atomic mass is 32.2. The zero-order chi connectivity index (χ0) is 21.9. The Morgan fingerprint density at radius 1 is 1.07 bits per heavy atom. The van der Waals surface area contributed by atoms with Crippen LogP contribution in [0.2, 0.25) is 0 Å². The second-order valence-electron chi connectivity index (χ2n) is 7.10. The van der Waals surface area contributed by atoms with E-state index >= 15 is 0 Å². The fourth-order valence-corrected chi connectivity index (χ4v) is 4.37. The molecule has 1 saturated carbocycles. The molecule has 30 heavy (non-hydrogen) atoms. The third kappa shape index (κ3) is 4.98. The fourth-order valence-electron chi connectivity index (χ4n) is 2.87. The summed E-state index contributed by atoms with van der Waals surface area (Å²) in [6.07, 6.45) is 1.59.